The van der Waals surface area contributed by atoms with Gasteiger partial charge in [0.25, 0.3) is 5.91 Å². The van der Waals surface area contributed by atoms with Gasteiger partial charge in [0, 0.05) is 41.9 Å². The zero-order valence-electron chi connectivity index (χ0n) is 18.0. The molecule has 0 saturated carbocycles. The van der Waals surface area contributed by atoms with Gasteiger partial charge in [-0.15, -0.1) is 0 Å². The largest absolute Gasteiger partial charge is 0.488 e. The second-order valence-corrected chi connectivity index (χ2v) is 8.71. The standard InChI is InChI=1S/C26H25BrN2O3/c1-19(30)21-9-11-23(12-10-21)28-13-15-29(16-14-28)26(31)24-7-2-3-8-25(24)32-18-20-5-4-6-22(27)17-20/h2-12,17H,13-16,18H2,1H3. The molecule has 0 N–H and O–H groups in total. The van der Waals surface area contributed by atoms with Crippen molar-refractivity contribution < 1.29 is 14.3 Å². The monoisotopic (exact) mass is 492 g/mol. The van der Waals surface area contributed by atoms with Crippen LogP contribution in [0.2, 0.25) is 0 Å². The van der Waals surface area contributed by atoms with Gasteiger partial charge in [0.1, 0.15) is 12.4 Å². The highest BCUT2D eigenvalue weighted by Gasteiger charge is 2.24. The predicted molar refractivity (Wildman–Crippen MR) is 129 cm³/mol. The van der Waals surface area contributed by atoms with Crippen molar-refractivity contribution in [2.75, 3.05) is 31.1 Å². The van der Waals surface area contributed by atoms with Gasteiger partial charge < -0.3 is 14.5 Å². The smallest absolute Gasteiger partial charge is 0.257 e. The van der Waals surface area contributed by atoms with Crippen LogP contribution in [0.5, 0.6) is 5.75 Å². The molecule has 1 amide bonds. The molecule has 0 spiro atoms. The lowest BCUT2D eigenvalue weighted by Gasteiger charge is -2.36. The van der Waals surface area contributed by atoms with Gasteiger partial charge in [-0.05, 0) is 61.0 Å². The highest BCUT2D eigenvalue weighted by atomic mass is 79.9. The van der Waals surface area contributed by atoms with Crippen LogP contribution >= 0.6 is 15.9 Å². The highest BCUT2D eigenvalue weighted by Crippen LogP contribution is 2.24. The van der Waals surface area contributed by atoms with Crippen LogP contribution in [0.4, 0.5) is 5.69 Å². The molecule has 1 aliphatic heterocycles. The maximum atomic E-state index is 13.2. The van der Waals surface area contributed by atoms with Crippen LogP contribution in [-0.4, -0.2) is 42.8 Å². The number of halogens is 1. The lowest BCUT2D eigenvalue weighted by Crippen LogP contribution is -2.48. The molecule has 1 aliphatic rings. The van der Waals surface area contributed by atoms with E-state index in [0.717, 1.165) is 28.8 Å². The number of ether oxygens (including phenoxy) is 1. The third kappa shape index (κ3) is 5.19. The topological polar surface area (TPSA) is 49.9 Å². The molecule has 6 heteroatoms. The molecule has 0 radical (unpaired) electrons. The minimum atomic E-state index is -0.0126. The molecule has 3 aromatic rings. The van der Waals surface area contributed by atoms with E-state index in [9.17, 15) is 9.59 Å². The first kappa shape index (κ1) is 22.1. The van der Waals surface area contributed by atoms with E-state index in [-0.39, 0.29) is 11.7 Å². The Bertz CT molecular complexity index is 1110. The van der Waals surface area contributed by atoms with E-state index in [2.05, 4.69) is 20.8 Å². The molecule has 1 saturated heterocycles. The van der Waals surface area contributed by atoms with Crippen molar-refractivity contribution in [2.24, 2.45) is 0 Å². The average molecular weight is 493 g/mol. The first-order valence-electron chi connectivity index (χ1n) is 10.6. The molecule has 3 aromatic carbocycles. The number of piperazine rings is 1. The summed E-state index contributed by atoms with van der Waals surface area (Å²) >= 11 is 3.47. The van der Waals surface area contributed by atoms with E-state index >= 15 is 0 Å². The number of rotatable bonds is 6. The Kier molecular flexibility index (Phi) is 6.90. The molecule has 1 fully saturated rings. The second kappa shape index (κ2) is 10.0. The third-order valence-corrected chi connectivity index (χ3v) is 6.10. The van der Waals surface area contributed by atoms with E-state index in [1.807, 2.05) is 77.7 Å². The van der Waals surface area contributed by atoms with Gasteiger partial charge in [0.2, 0.25) is 0 Å². The summed E-state index contributed by atoms with van der Waals surface area (Å²) in [6, 6.07) is 23.0. The van der Waals surface area contributed by atoms with E-state index in [1.165, 1.54) is 0 Å². The normalized spacial score (nSPS) is 13.7. The van der Waals surface area contributed by atoms with Gasteiger partial charge in [-0.3, -0.25) is 9.59 Å². The van der Waals surface area contributed by atoms with Crippen LogP contribution in [0.1, 0.15) is 33.2 Å². The van der Waals surface area contributed by atoms with Crippen molar-refractivity contribution in [3.05, 3.63) is 94.0 Å². The summed E-state index contributed by atoms with van der Waals surface area (Å²) in [5.41, 5.74) is 3.40. The minimum Gasteiger partial charge on any atom is -0.488 e. The third-order valence-electron chi connectivity index (χ3n) is 5.61. The fourth-order valence-corrected chi connectivity index (χ4v) is 4.25. The van der Waals surface area contributed by atoms with Crippen LogP contribution in [-0.2, 0) is 6.61 Å². The molecule has 1 heterocycles. The van der Waals surface area contributed by atoms with Crippen molar-refractivity contribution in [1.29, 1.82) is 0 Å². The Balaban J connectivity index is 1.39. The van der Waals surface area contributed by atoms with Gasteiger partial charge >= 0.3 is 0 Å². The molecule has 4 rings (SSSR count). The van der Waals surface area contributed by atoms with Crippen molar-refractivity contribution in [1.82, 2.24) is 4.90 Å². The fourth-order valence-electron chi connectivity index (χ4n) is 3.80. The van der Waals surface area contributed by atoms with Crippen LogP contribution < -0.4 is 9.64 Å². The van der Waals surface area contributed by atoms with Gasteiger partial charge in [-0.2, -0.15) is 0 Å². The van der Waals surface area contributed by atoms with E-state index in [1.54, 1.807) is 6.92 Å². The van der Waals surface area contributed by atoms with E-state index in [4.69, 9.17) is 4.74 Å². The number of carbonyl (C=O) groups is 2. The lowest BCUT2D eigenvalue weighted by molar-refractivity contribution is 0.0741. The van der Waals surface area contributed by atoms with Crippen molar-refractivity contribution in [3.8, 4) is 5.75 Å². The average Bonchev–Trinajstić information content (AvgIpc) is 2.83. The van der Waals surface area contributed by atoms with Crippen LogP contribution in [0.3, 0.4) is 0 Å². The molecule has 0 aromatic heterocycles. The zero-order chi connectivity index (χ0) is 22.5. The maximum Gasteiger partial charge on any atom is 0.257 e. The Labute approximate surface area is 196 Å². The molecule has 0 unspecified atom stereocenters. The van der Waals surface area contributed by atoms with Crippen LogP contribution in [0, 0.1) is 0 Å². The second-order valence-electron chi connectivity index (χ2n) is 7.80. The number of benzene rings is 3. The molecule has 0 aliphatic carbocycles. The van der Waals surface area contributed by atoms with Crippen molar-refractivity contribution in [2.45, 2.75) is 13.5 Å². The fraction of sp³-hybridized carbons (Fsp3) is 0.231. The van der Waals surface area contributed by atoms with Gasteiger partial charge in [-0.25, -0.2) is 0 Å². The van der Waals surface area contributed by atoms with Gasteiger partial charge in [0.15, 0.2) is 5.78 Å². The van der Waals surface area contributed by atoms with Crippen molar-refractivity contribution >= 4 is 33.3 Å². The lowest BCUT2D eigenvalue weighted by atomic mass is 10.1. The van der Waals surface area contributed by atoms with Gasteiger partial charge in [-0.1, -0.05) is 40.2 Å². The summed E-state index contributed by atoms with van der Waals surface area (Å²) in [5, 5.41) is 0. The summed E-state index contributed by atoms with van der Waals surface area (Å²) in [5.74, 6) is 0.647. The SMILES string of the molecule is CC(=O)c1ccc(N2CCN(C(=O)c3ccccc3OCc3cccc(Br)c3)CC2)cc1. The Hall–Kier alpha value is -3.12. The number of hydrogen-bond acceptors (Lipinski definition) is 4. The zero-order valence-corrected chi connectivity index (χ0v) is 19.5. The number of anilines is 1. The van der Waals surface area contributed by atoms with Crippen LogP contribution in [0.15, 0.2) is 77.3 Å². The van der Waals surface area contributed by atoms with Crippen molar-refractivity contribution in [3.63, 3.8) is 0 Å². The van der Waals surface area contributed by atoms with Crippen LogP contribution in [0.25, 0.3) is 0 Å². The van der Waals surface area contributed by atoms with E-state index in [0.29, 0.717) is 36.6 Å². The summed E-state index contributed by atoms with van der Waals surface area (Å²) in [6.45, 7) is 4.71. The Morgan fingerprint density at radius 1 is 0.906 bits per heavy atom. The Morgan fingerprint density at radius 3 is 2.31 bits per heavy atom. The predicted octanol–water partition coefficient (Wildman–Crippen LogP) is 5.19. The number of Topliss-reactive ketones (excluding diaryl/α,β-unsaturated/α-hetero) is 1. The summed E-state index contributed by atoms with van der Waals surface area (Å²) in [7, 11) is 0. The summed E-state index contributed by atoms with van der Waals surface area (Å²) in [6.07, 6.45) is 0. The molecular formula is C26H25BrN2O3. The number of nitrogens with zero attached hydrogens (tertiary/aromatic N) is 2. The molecule has 0 atom stereocenters. The number of para-hydroxylation sites is 1. The number of amides is 1. The first-order valence-corrected chi connectivity index (χ1v) is 11.4. The van der Waals surface area contributed by atoms with Gasteiger partial charge in [0.05, 0.1) is 5.56 Å². The Morgan fingerprint density at radius 2 is 1.62 bits per heavy atom. The highest BCUT2D eigenvalue weighted by molar-refractivity contribution is 9.10. The van der Waals surface area contributed by atoms with E-state index < -0.39 is 0 Å². The quantitative estimate of drug-likeness (QED) is 0.444. The molecule has 5 nitrogen and oxygen atoms in total. The molecule has 164 valence electrons. The molecular weight excluding hydrogens is 468 g/mol. The summed E-state index contributed by atoms with van der Waals surface area (Å²) in [4.78, 5) is 28.8. The number of hydrogen-bond donors (Lipinski definition) is 0. The summed E-state index contributed by atoms with van der Waals surface area (Å²) < 4.78 is 7.00. The first-order chi connectivity index (χ1) is 15.5. The maximum absolute atomic E-state index is 13.2. The number of ketones is 1. The molecule has 32 heavy (non-hydrogen) atoms. The minimum absolute atomic E-state index is 0.0126. The molecule has 0 bridgehead atoms. The number of carbonyl (C=O) groups excluding carboxylic acids is 2.